The van der Waals surface area contributed by atoms with Crippen molar-refractivity contribution in [2.45, 2.75) is 82.0 Å². The third kappa shape index (κ3) is 7.99. The summed E-state index contributed by atoms with van der Waals surface area (Å²) in [5.74, 6) is -1.92. The smallest absolute Gasteiger partial charge is 0.317 e. The third-order valence-corrected chi connectivity index (χ3v) is 8.56. The number of nitrogens with zero attached hydrogens (tertiary/aromatic N) is 1. The maximum absolute atomic E-state index is 15.2. The van der Waals surface area contributed by atoms with Crippen LogP contribution in [0.5, 0.6) is 0 Å². The Balaban J connectivity index is 1.73. The van der Waals surface area contributed by atoms with Gasteiger partial charge in [0.15, 0.2) is 5.82 Å². The topological polar surface area (TPSA) is 73.8 Å². The number of carbonyl (C=O) groups excluding carboxylic acids is 1. The van der Waals surface area contributed by atoms with Gasteiger partial charge in [-0.2, -0.15) is 0 Å². The number of unbranched alkanes of at least 4 members (excludes halogenated alkanes) is 1. The van der Waals surface area contributed by atoms with Gasteiger partial charge in [-0.05, 0) is 83.2 Å². The van der Waals surface area contributed by atoms with Crippen molar-refractivity contribution in [3.05, 3.63) is 34.4 Å². The van der Waals surface area contributed by atoms with Gasteiger partial charge >= 0.3 is 6.03 Å². The largest absolute Gasteiger partial charge is 0.385 e. The van der Waals surface area contributed by atoms with Gasteiger partial charge in [0.25, 0.3) is 0 Å². The molecule has 1 aromatic rings. The molecule has 0 aromatic heterocycles. The molecule has 0 spiro atoms. The minimum absolute atomic E-state index is 0.0369. The van der Waals surface area contributed by atoms with Gasteiger partial charge in [0, 0.05) is 50.9 Å². The first kappa shape index (κ1) is 31.0. The number of carbonyl (C=O) groups is 1. The average molecular weight is 562 g/mol. The molecular weight excluding hydrogens is 519 g/mol. The van der Waals surface area contributed by atoms with E-state index < -0.39 is 34.3 Å². The molecule has 3 atom stereocenters. The first-order valence-electron chi connectivity index (χ1n) is 13.9. The van der Waals surface area contributed by atoms with Crippen molar-refractivity contribution in [2.24, 2.45) is 11.8 Å². The van der Waals surface area contributed by atoms with E-state index in [0.29, 0.717) is 64.1 Å². The van der Waals surface area contributed by atoms with Crippen LogP contribution in [-0.4, -0.2) is 68.6 Å². The standard InChI is InChI=1S/C28H43ClF3N3O3/c1-33-17-22(16-19-7-9-21(30)10-8-19)34-27(36)35-14-5-6-20(18-35)28(37,13-3-4-15-38-2)23-11-12-24(31)25(29)26(23)32/h11-12,19-22,33,37H,3-10,13-18H2,1-2H3,(H,34,36). The molecule has 10 heteroatoms. The van der Waals surface area contributed by atoms with E-state index in [4.69, 9.17) is 16.3 Å². The number of likely N-dealkylation sites (N-methyl/N-ethyl adjacent to an activating group) is 1. The molecule has 1 aliphatic heterocycles. The number of piperidine rings is 1. The van der Waals surface area contributed by atoms with E-state index in [9.17, 15) is 18.7 Å². The number of alkyl halides is 1. The van der Waals surface area contributed by atoms with Crippen molar-refractivity contribution in [3.63, 3.8) is 0 Å². The first-order valence-corrected chi connectivity index (χ1v) is 14.3. The average Bonchev–Trinajstić information content (AvgIpc) is 2.91. The lowest BCUT2D eigenvalue weighted by molar-refractivity contribution is -0.0588. The Bertz CT molecular complexity index is 904. The molecule has 6 nitrogen and oxygen atoms in total. The zero-order chi connectivity index (χ0) is 27.7. The van der Waals surface area contributed by atoms with Crippen LogP contribution in [0, 0.1) is 23.5 Å². The Labute approximate surface area is 229 Å². The number of hydrogen-bond donors (Lipinski definition) is 3. The summed E-state index contributed by atoms with van der Waals surface area (Å²) < 4.78 is 47.8. The minimum Gasteiger partial charge on any atom is -0.385 e. The summed E-state index contributed by atoms with van der Waals surface area (Å²) in [5, 5.41) is 17.6. The molecule has 38 heavy (non-hydrogen) atoms. The first-order chi connectivity index (χ1) is 18.2. The Morgan fingerprint density at radius 2 is 1.97 bits per heavy atom. The zero-order valence-electron chi connectivity index (χ0n) is 22.6. The number of urea groups is 1. The van der Waals surface area contributed by atoms with Crippen LogP contribution >= 0.6 is 11.6 Å². The molecule has 2 amide bonds. The molecule has 2 aliphatic rings. The number of amides is 2. The number of halogens is 4. The van der Waals surface area contributed by atoms with E-state index in [0.717, 1.165) is 25.3 Å². The van der Waals surface area contributed by atoms with Crippen molar-refractivity contribution < 1.29 is 27.8 Å². The van der Waals surface area contributed by atoms with Gasteiger partial charge in [-0.3, -0.25) is 0 Å². The fourth-order valence-electron chi connectivity index (χ4n) is 6.08. The SMILES string of the molecule is CNCC(CC1CCC(F)CC1)NC(=O)N1CCCC(C(O)(CCCCOC)c2ccc(F)c(Cl)c2F)C1. The highest BCUT2D eigenvalue weighted by atomic mass is 35.5. The monoisotopic (exact) mass is 561 g/mol. The molecule has 3 unspecified atom stereocenters. The predicted molar refractivity (Wildman–Crippen MR) is 143 cm³/mol. The van der Waals surface area contributed by atoms with Crippen LogP contribution in [0.25, 0.3) is 0 Å². The number of rotatable bonds is 12. The van der Waals surface area contributed by atoms with Crippen LogP contribution in [0.15, 0.2) is 12.1 Å². The van der Waals surface area contributed by atoms with E-state index in [1.807, 2.05) is 7.05 Å². The minimum atomic E-state index is -1.62. The van der Waals surface area contributed by atoms with Gasteiger partial charge in [0.1, 0.15) is 17.0 Å². The summed E-state index contributed by atoms with van der Waals surface area (Å²) in [4.78, 5) is 15.0. The second kappa shape index (κ2) is 14.7. The van der Waals surface area contributed by atoms with Crippen LogP contribution in [-0.2, 0) is 10.3 Å². The van der Waals surface area contributed by atoms with E-state index in [-0.39, 0.29) is 30.6 Å². The van der Waals surface area contributed by atoms with Crippen molar-refractivity contribution in [1.29, 1.82) is 0 Å². The number of methoxy groups -OCH3 is 1. The molecule has 3 N–H and O–H groups in total. The predicted octanol–water partition coefficient (Wildman–Crippen LogP) is 5.55. The maximum atomic E-state index is 15.2. The lowest BCUT2D eigenvalue weighted by Gasteiger charge is -2.43. The second-order valence-corrected chi connectivity index (χ2v) is 11.3. The van der Waals surface area contributed by atoms with Crippen LogP contribution in [0.2, 0.25) is 5.02 Å². The van der Waals surface area contributed by atoms with Gasteiger partial charge in [0.05, 0.1) is 5.60 Å². The van der Waals surface area contributed by atoms with E-state index >= 15 is 4.39 Å². The third-order valence-electron chi connectivity index (χ3n) is 8.21. The fourth-order valence-corrected chi connectivity index (χ4v) is 6.24. The van der Waals surface area contributed by atoms with Crippen LogP contribution in [0.4, 0.5) is 18.0 Å². The molecule has 1 saturated heterocycles. The lowest BCUT2D eigenvalue weighted by Crippen LogP contribution is -2.54. The summed E-state index contributed by atoms with van der Waals surface area (Å²) in [7, 11) is 3.43. The Kier molecular flexibility index (Phi) is 12.0. The number of nitrogens with one attached hydrogen (secondary N) is 2. The Hall–Kier alpha value is -1.55. The Morgan fingerprint density at radius 3 is 2.66 bits per heavy atom. The van der Waals surface area contributed by atoms with Crippen LogP contribution in [0.3, 0.4) is 0 Å². The zero-order valence-corrected chi connectivity index (χ0v) is 23.3. The summed E-state index contributed by atoms with van der Waals surface area (Å²) in [6.45, 7) is 1.86. The molecule has 1 heterocycles. The summed E-state index contributed by atoms with van der Waals surface area (Å²) in [5.41, 5.74) is -1.66. The molecular formula is C28H43ClF3N3O3. The quantitative estimate of drug-likeness (QED) is 0.231. The summed E-state index contributed by atoms with van der Waals surface area (Å²) in [6, 6.07) is 2.01. The number of likely N-dealkylation sites (tertiary alicyclic amines) is 1. The molecule has 1 saturated carbocycles. The van der Waals surface area contributed by atoms with Gasteiger partial charge in [0.2, 0.25) is 0 Å². The highest BCUT2D eigenvalue weighted by Gasteiger charge is 2.43. The fraction of sp³-hybridized carbons (Fsp3) is 0.750. The highest BCUT2D eigenvalue weighted by Crippen LogP contribution is 2.42. The van der Waals surface area contributed by atoms with E-state index in [1.54, 1.807) is 12.0 Å². The van der Waals surface area contributed by atoms with Crippen LogP contribution < -0.4 is 10.6 Å². The van der Waals surface area contributed by atoms with Crippen molar-refractivity contribution in [3.8, 4) is 0 Å². The van der Waals surface area contributed by atoms with Crippen LogP contribution in [0.1, 0.15) is 69.8 Å². The molecule has 0 bridgehead atoms. The van der Waals surface area contributed by atoms with Crippen molar-refractivity contribution in [1.82, 2.24) is 15.5 Å². The van der Waals surface area contributed by atoms with E-state index in [1.165, 1.54) is 6.07 Å². The highest BCUT2D eigenvalue weighted by molar-refractivity contribution is 6.31. The van der Waals surface area contributed by atoms with Gasteiger partial charge in [-0.25, -0.2) is 18.0 Å². The van der Waals surface area contributed by atoms with Gasteiger partial charge in [-0.1, -0.05) is 17.7 Å². The normalized spacial score (nSPS) is 24.6. The second-order valence-electron chi connectivity index (χ2n) is 10.9. The summed E-state index contributed by atoms with van der Waals surface area (Å²) >= 11 is 5.88. The van der Waals surface area contributed by atoms with Gasteiger partial charge < -0.3 is 25.4 Å². The number of benzene rings is 1. The summed E-state index contributed by atoms with van der Waals surface area (Å²) in [6.07, 6.45) is 5.55. The lowest BCUT2D eigenvalue weighted by atomic mass is 9.74. The number of hydrogen-bond acceptors (Lipinski definition) is 4. The Morgan fingerprint density at radius 1 is 1.24 bits per heavy atom. The molecule has 3 rings (SSSR count). The van der Waals surface area contributed by atoms with Crippen molar-refractivity contribution >= 4 is 17.6 Å². The van der Waals surface area contributed by atoms with E-state index in [2.05, 4.69) is 10.6 Å². The number of ether oxygens (including phenoxy) is 1. The van der Waals surface area contributed by atoms with Crippen molar-refractivity contribution in [2.75, 3.05) is 40.4 Å². The molecule has 2 fully saturated rings. The number of aliphatic hydroxyl groups is 1. The molecule has 1 aromatic carbocycles. The van der Waals surface area contributed by atoms with Gasteiger partial charge in [-0.15, -0.1) is 0 Å². The molecule has 0 radical (unpaired) electrons. The maximum Gasteiger partial charge on any atom is 0.317 e. The molecule has 1 aliphatic carbocycles. The molecule has 216 valence electrons.